The van der Waals surface area contributed by atoms with Crippen LogP contribution in [0.3, 0.4) is 0 Å². The van der Waals surface area contributed by atoms with E-state index >= 15 is 0 Å². The van der Waals surface area contributed by atoms with Crippen molar-refractivity contribution < 1.29 is 5.11 Å². The minimum Gasteiger partial charge on any atom is -0.382 e. The third-order valence-corrected chi connectivity index (χ3v) is 3.73. The predicted molar refractivity (Wildman–Crippen MR) is 73.3 cm³/mol. The Morgan fingerprint density at radius 2 is 1.78 bits per heavy atom. The predicted octanol–water partition coefficient (Wildman–Crippen LogP) is 0.0803. The van der Waals surface area contributed by atoms with Crippen molar-refractivity contribution in [3.8, 4) is 0 Å². The van der Waals surface area contributed by atoms with Crippen molar-refractivity contribution in [2.75, 3.05) is 46.3 Å². The van der Waals surface area contributed by atoms with Crippen molar-refractivity contribution in [2.24, 2.45) is 5.73 Å². The van der Waals surface area contributed by atoms with Crippen molar-refractivity contribution >= 4 is 0 Å². The van der Waals surface area contributed by atoms with Gasteiger partial charge in [-0.2, -0.15) is 0 Å². The molecule has 1 unspecified atom stereocenters. The van der Waals surface area contributed by atoms with Gasteiger partial charge in [0.1, 0.15) is 5.60 Å². The summed E-state index contributed by atoms with van der Waals surface area (Å²) < 4.78 is 0. The van der Waals surface area contributed by atoms with Gasteiger partial charge in [-0.3, -0.25) is 4.90 Å². The lowest BCUT2D eigenvalue weighted by Gasteiger charge is -2.38. The SMILES string of the molecule is CN1CCN(CC(O)(CN)c2ccccc2)CC1. The molecule has 4 nitrogen and oxygen atoms in total. The van der Waals surface area contributed by atoms with Crippen LogP contribution in [0.4, 0.5) is 0 Å². The molecule has 1 heterocycles. The second kappa shape index (κ2) is 5.80. The third-order valence-electron chi connectivity index (χ3n) is 3.73. The Morgan fingerprint density at radius 1 is 1.17 bits per heavy atom. The molecule has 0 spiro atoms. The summed E-state index contributed by atoms with van der Waals surface area (Å²) in [5, 5.41) is 10.7. The highest BCUT2D eigenvalue weighted by Gasteiger charge is 2.31. The molecule has 1 aliphatic rings. The number of likely N-dealkylation sites (N-methyl/N-ethyl adjacent to an activating group) is 1. The normalized spacial score (nSPS) is 21.7. The number of aliphatic hydroxyl groups is 1. The average molecular weight is 249 g/mol. The third kappa shape index (κ3) is 3.09. The first-order valence-electron chi connectivity index (χ1n) is 6.53. The van der Waals surface area contributed by atoms with Crippen LogP contribution >= 0.6 is 0 Å². The quantitative estimate of drug-likeness (QED) is 0.793. The molecule has 4 heteroatoms. The fourth-order valence-corrected chi connectivity index (χ4v) is 2.40. The first kappa shape index (κ1) is 13.5. The van der Waals surface area contributed by atoms with E-state index in [1.54, 1.807) is 0 Å². The van der Waals surface area contributed by atoms with E-state index in [-0.39, 0.29) is 6.54 Å². The Morgan fingerprint density at radius 3 is 2.33 bits per heavy atom. The summed E-state index contributed by atoms with van der Waals surface area (Å²) in [7, 11) is 2.13. The van der Waals surface area contributed by atoms with Crippen molar-refractivity contribution in [2.45, 2.75) is 5.60 Å². The monoisotopic (exact) mass is 249 g/mol. The molecule has 0 bridgehead atoms. The molecule has 1 aromatic carbocycles. The van der Waals surface area contributed by atoms with Gasteiger partial charge >= 0.3 is 0 Å². The van der Waals surface area contributed by atoms with Crippen LogP contribution in [0.15, 0.2) is 30.3 Å². The molecular weight excluding hydrogens is 226 g/mol. The van der Waals surface area contributed by atoms with Crippen LogP contribution in [-0.2, 0) is 5.60 Å². The zero-order valence-electron chi connectivity index (χ0n) is 11.0. The number of benzene rings is 1. The Balaban J connectivity index is 2.04. The van der Waals surface area contributed by atoms with Gasteiger partial charge in [0.05, 0.1) is 0 Å². The maximum Gasteiger partial charge on any atom is 0.114 e. The Labute approximate surface area is 109 Å². The van der Waals surface area contributed by atoms with Crippen molar-refractivity contribution in [3.05, 3.63) is 35.9 Å². The molecule has 1 atom stereocenters. The highest BCUT2D eigenvalue weighted by Crippen LogP contribution is 2.21. The van der Waals surface area contributed by atoms with Crippen molar-refractivity contribution in [3.63, 3.8) is 0 Å². The van der Waals surface area contributed by atoms with Crippen molar-refractivity contribution in [1.82, 2.24) is 9.80 Å². The van der Waals surface area contributed by atoms with Crippen LogP contribution in [0.5, 0.6) is 0 Å². The molecule has 0 saturated carbocycles. The summed E-state index contributed by atoms with van der Waals surface area (Å²) in [6.45, 7) is 4.95. The van der Waals surface area contributed by atoms with Gasteiger partial charge in [-0.1, -0.05) is 30.3 Å². The van der Waals surface area contributed by atoms with E-state index in [0.29, 0.717) is 6.54 Å². The summed E-state index contributed by atoms with van der Waals surface area (Å²) in [6.07, 6.45) is 0. The number of piperazine rings is 1. The lowest BCUT2D eigenvalue weighted by molar-refractivity contribution is -0.00482. The van der Waals surface area contributed by atoms with Gasteiger partial charge in [0.25, 0.3) is 0 Å². The largest absolute Gasteiger partial charge is 0.382 e. The minimum absolute atomic E-state index is 0.253. The van der Waals surface area contributed by atoms with E-state index in [2.05, 4.69) is 16.8 Å². The van der Waals surface area contributed by atoms with Gasteiger partial charge in [-0.25, -0.2) is 0 Å². The molecule has 0 aromatic heterocycles. The summed E-state index contributed by atoms with van der Waals surface area (Å²) in [5.41, 5.74) is 5.77. The van der Waals surface area contributed by atoms with E-state index in [9.17, 15) is 5.11 Å². The number of β-amino-alcohol motifs (C(OH)–C–C–N with tert-alkyl or cyclic N) is 1. The fourth-order valence-electron chi connectivity index (χ4n) is 2.40. The van der Waals surface area contributed by atoms with Crippen LogP contribution in [0.2, 0.25) is 0 Å². The highest BCUT2D eigenvalue weighted by molar-refractivity contribution is 5.23. The molecule has 2 rings (SSSR count). The first-order valence-corrected chi connectivity index (χ1v) is 6.53. The summed E-state index contributed by atoms with van der Waals surface area (Å²) >= 11 is 0. The Bertz CT molecular complexity index is 363. The van der Waals surface area contributed by atoms with Crippen LogP contribution in [-0.4, -0.2) is 61.2 Å². The van der Waals surface area contributed by atoms with Crippen LogP contribution in [0, 0.1) is 0 Å². The molecule has 0 amide bonds. The molecule has 1 aromatic rings. The van der Waals surface area contributed by atoms with Gasteiger partial charge in [-0.15, -0.1) is 0 Å². The van der Waals surface area contributed by atoms with Gasteiger partial charge in [-0.05, 0) is 12.6 Å². The maximum atomic E-state index is 10.7. The van der Waals surface area contributed by atoms with Crippen LogP contribution < -0.4 is 5.73 Å². The zero-order chi connectivity index (χ0) is 13.0. The fraction of sp³-hybridized carbons (Fsp3) is 0.571. The second-order valence-corrected chi connectivity index (χ2v) is 5.18. The Hall–Kier alpha value is -0.940. The second-order valence-electron chi connectivity index (χ2n) is 5.18. The number of nitrogens with zero attached hydrogens (tertiary/aromatic N) is 2. The van der Waals surface area contributed by atoms with Crippen LogP contribution in [0.25, 0.3) is 0 Å². The standard InChI is InChI=1S/C14H23N3O/c1-16-7-9-17(10-8-16)12-14(18,11-15)13-5-3-2-4-6-13/h2-6,18H,7-12,15H2,1H3. The molecule has 100 valence electrons. The summed E-state index contributed by atoms with van der Waals surface area (Å²) in [5.74, 6) is 0. The van der Waals surface area contributed by atoms with Gasteiger partial charge in [0.15, 0.2) is 0 Å². The van der Waals surface area contributed by atoms with Gasteiger partial charge < -0.3 is 15.7 Å². The smallest absolute Gasteiger partial charge is 0.114 e. The first-order chi connectivity index (χ1) is 8.64. The molecule has 1 fully saturated rings. The average Bonchev–Trinajstić information content (AvgIpc) is 2.42. The number of hydrogen-bond donors (Lipinski definition) is 2. The van der Waals surface area contributed by atoms with E-state index in [1.165, 1.54) is 0 Å². The molecule has 1 saturated heterocycles. The van der Waals surface area contributed by atoms with Crippen molar-refractivity contribution in [1.29, 1.82) is 0 Å². The number of nitrogens with two attached hydrogens (primary N) is 1. The van der Waals surface area contributed by atoms with Gasteiger partial charge in [0.2, 0.25) is 0 Å². The van der Waals surface area contributed by atoms with Crippen LogP contribution in [0.1, 0.15) is 5.56 Å². The van der Waals surface area contributed by atoms with E-state index in [0.717, 1.165) is 31.7 Å². The highest BCUT2D eigenvalue weighted by atomic mass is 16.3. The maximum absolute atomic E-state index is 10.7. The Kier molecular flexibility index (Phi) is 4.35. The van der Waals surface area contributed by atoms with E-state index in [1.807, 2.05) is 30.3 Å². The minimum atomic E-state index is -0.933. The van der Waals surface area contributed by atoms with E-state index in [4.69, 9.17) is 5.73 Å². The molecule has 0 aliphatic carbocycles. The molecule has 18 heavy (non-hydrogen) atoms. The topological polar surface area (TPSA) is 52.7 Å². The van der Waals surface area contributed by atoms with Gasteiger partial charge in [0, 0.05) is 39.3 Å². The lowest BCUT2D eigenvalue weighted by Crippen LogP contribution is -2.52. The number of hydrogen-bond acceptors (Lipinski definition) is 4. The lowest BCUT2D eigenvalue weighted by atomic mass is 9.93. The number of rotatable bonds is 4. The molecule has 0 radical (unpaired) electrons. The molecular formula is C14H23N3O. The zero-order valence-corrected chi connectivity index (χ0v) is 11.0. The summed E-state index contributed by atoms with van der Waals surface area (Å²) in [6, 6.07) is 9.74. The molecule has 3 N–H and O–H groups in total. The van der Waals surface area contributed by atoms with E-state index < -0.39 is 5.60 Å². The summed E-state index contributed by atoms with van der Waals surface area (Å²) in [4.78, 5) is 4.60. The molecule has 1 aliphatic heterocycles.